The van der Waals surface area contributed by atoms with Gasteiger partial charge >= 0.3 is 0 Å². The number of aromatic nitrogens is 2. The molecule has 1 aromatic carbocycles. The number of rotatable bonds is 2. The smallest absolute Gasteiger partial charge is 0.140 e. The van der Waals surface area contributed by atoms with E-state index < -0.39 is 0 Å². The third-order valence-electron chi connectivity index (χ3n) is 2.18. The van der Waals surface area contributed by atoms with Gasteiger partial charge in [0.2, 0.25) is 0 Å². The van der Waals surface area contributed by atoms with E-state index >= 15 is 0 Å². The predicted octanol–water partition coefficient (Wildman–Crippen LogP) is 1.88. The van der Waals surface area contributed by atoms with Gasteiger partial charge in [-0.25, -0.2) is 9.97 Å². The Morgan fingerprint density at radius 1 is 1.44 bits per heavy atom. The highest BCUT2D eigenvalue weighted by Gasteiger charge is 2.08. The Morgan fingerprint density at radius 3 is 2.88 bits per heavy atom. The van der Waals surface area contributed by atoms with Crippen molar-refractivity contribution in [2.45, 2.75) is 19.4 Å². The molecule has 0 aliphatic heterocycles. The van der Waals surface area contributed by atoms with Gasteiger partial charge in [-0.3, -0.25) is 0 Å². The molecule has 0 saturated heterocycles. The molecule has 5 heteroatoms. The van der Waals surface area contributed by atoms with Gasteiger partial charge in [-0.15, -0.1) is 0 Å². The number of phenols is 1. The van der Waals surface area contributed by atoms with Gasteiger partial charge in [0.1, 0.15) is 16.7 Å². The second-order valence-corrected chi connectivity index (χ2v) is 4.17. The molecule has 0 aliphatic rings. The highest BCUT2D eigenvalue weighted by molar-refractivity contribution is 6.34. The molecule has 2 rings (SSSR count). The number of fused-ring (bicyclic) bond motifs is 1. The van der Waals surface area contributed by atoms with Crippen LogP contribution in [0.15, 0.2) is 18.2 Å². The van der Waals surface area contributed by atoms with Crippen molar-refractivity contribution in [3.8, 4) is 5.75 Å². The summed E-state index contributed by atoms with van der Waals surface area (Å²) >= 11 is 6.01. The Balaban J connectivity index is 2.55. The fourth-order valence-corrected chi connectivity index (χ4v) is 1.75. The lowest BCUT2D eigenvalue weighted by atomic mass is 10.2. The number of halogens is 1. The second kappa shape index (κ2) is 4.23. The summed E-state index contributed by atoms with van der Waals surface area (Å²) < 4.78 is 0. The lowest BCUT2D eigenvalue weighted by molar-refractivity contribution is 0.476. The number of nitrogens with zero attached hydrogens (tertiary/aromatic N) is 2. The molecule has 1 aromatic heterocycles. The average molecular weight is 238 g/mol. The lowest BCUT2D eigenvalue weighted by Gasteiger charge is -2.06. The highest BCUT2D eigenvalue weighted by Crippen LogP contribution is 2.24. The third-order valence-corrected chi connectivity index (χ3v) is 2.47. The van der Waals surface area contributed by atoms with Crippen LogP contribution < -0.4 is 5.73 Å². The summed E-state index contributed by atoms with van der Waals surface area (Å²) in [6.45, 7) is 1.89. The fraction of sp³-hybridized carbons (Fsp3) is 0.273. The van der Waals surface area contributed by atoms with Gasteiger partial charge in [0.05, 0.1) is 5.52 Å². The number of benzene rings is 1. The summed E-state index contributed by atoms with van der Waals surface area (Å²) in [5.41, 5.74) is 6.40. The largest absolute Gasteiger partial charge is 0.508 e. The first-order valence-corrected chi connectivity index (χ1v) is 5.35. The molecule has 1 unspecified atom stereocenters. The zero-order valence-electron chi connectivity index (χ0n) is 8.81. The molecule has 0 spiro atoms. The molecule has 0 fully saturated rings. The molecule has 1 atom stereocenters. The van der Waals surface area contributed by atoms with Crippen molar-refractivity contribution < 1.29 is 5.11 Å². The fourth-order valence-electron chi connectivity index (χ4n) is 1.50. The van der Waals surface area contributed by atoms with Crippen molar-refractivity contribution in [2.24, 2.45) is 5.73 Å². The summed E-state index contributed by atoms with van der Waals surface area (Å²) in [5.74, 6) is 0.774. The van der Waals surface area contributed by atoms with E-state index in [4.69, 9.17) is 17.3 Å². The van der Waals surface area contributed by atoms with Crippen LogP contribution >= 0.6 is 11.6 Å². The monoisotopic (exact) mass is 237 g/mol. The Hall–Kier alpha value is -1.39. The van der Waals surface area contributed by atoms with Crippen molar-refractivity contribution in [1.82, 2.24) is 9.97 Å². The van der Waals surface area contributed by atoms with Crippen molar-refractivity contribution in [3.05, 3.63) is 29.2 Å². The molecular formula is C11H12ClN3O. The van der Waals surface area contributed by atoms with Crippen LogP contribution in [0, 0.1) is 0 Å². The van der Waals surface area contributed by atoms with Crippen LogP contribution in [-0.4, -0.2) is 21.1 Å². The maximum absolute atomic E-state index is 9.34. The molecule has 0 radical (unpaired) electrons. The molecule has 0 saturated carbocycles. The Bertz CT molecular complexity index is 528. The third kappa shape index (κ3) is 2.23. The standard InChI is InChI=1S/C11H12ClN3O/c1-6(13)4-10-14-9-3-2-7(16)5-8(9)11(12)15-10/h2-3,5-6,16H,4,13H2,1H3. The van der Waals surface area contributed by atoms with Gasteiger partial charge in [0, 0.05) is 17.8 Å². The van der Waals surface area contributed by atoms with Crippen molar-refractivity contribution in [3.63, 3.8) is 0 Å². The summed E-state index contributed by atoms with van der Waals surface area (Å²) in [4.78, 5) is 8.48. The predicted molar refractivity (Wildman–Crippen MR) is 63.6 cm³/mol. The van der Waals surface area contributed by atoms with Gasteiger partial charge in [-0.05, 0) is 25.1 Å². The van der Waals surface area contributed by atoms with Gasteiger partial charge in [0.15, 0.2) is 0 Å². The van der Waals surface area contributed by atoms with E-state index in [1.165, 1.54) is 0 Å². The van der Waals surface area contributed by atoms with Crippen LogP contribution in [0.25, 0.3) is 10.9 Å². The van der Waals surface area contributed by atoms with Crippen molar-refractivity contribution >= 4 is 22.5 Å². The molecule has 2 aromatic rings. The molecule has 0 bridgehead atoms. The highest BCUT2D eigenvalue weighted by atomic mass is 35.5. The molecule has 16 heavy (non-hydrogen) atoms. The van der Waals surface area contributed by atoms with Crippen molar-refractivity contribution in [1.29, 1.82) is 0 Å². The Morgan fingerprint density at radius 2 is 2.19 bits per heavy atom. The average Bonchev–Trinajstić information content (AvgIpc) is 2.18. The Labute approximate surface area is 98.1 Å². The number of hydrogen-bond acceptors (Lipinski definition) is 4. The summed E-state index contributed by atoms with van der Waals surface area (Å²) in [7, 11) is 0. The topological polar surface area (TPSA) is 72.0 Å². The minimum Gasteiger partial charge on any atom is -0.508 e. The molecule has 0 aliphatic carbocycles. The zero-order chi connectivity index (χ0) is 11.7. The van der Waals surface area contributed by atoms with E-state index in [0.29, 0.717) is 28.3 Å². The maximum atomic E-state index is 9.34. The SMILES string of the molecule is CC(N)Cc1nc(Cl)c2cc(O)ccc2n1. The summed E-state index contributed by atoms with van der Waals surface area (Å²) in [5, 5.41) is 10.3. The Kier molecular flexibility index (Phi) is 2.94. The summed E-state index contributed by atoms with van der Waals surface area (Å²) in [6, 6.07) is 4.82. The molecule has 3 N–H and O–H groups in total. The van der Waals surface area contributed by atoms with Gasteiger partial charge in [-0.1, -0.05) is 11.6 Å². The lowest BCUT2D eigenvalue weighted by Crippen LogP contribution is -2.19. The van der Waals surface area contributed by atoms with Crippen LogP contribution in [0.5, 0.6) is 5.75 Å². The molecule has 84 valence electrons. The number of nitrogens with two attached hydrogens (primary N) is 1. The first-order valence-electron chi connectivity index (χ1n) is 4.97. The van der Waals surface area contributed by atoms with E-state index in [1.807, 2.05) is 6.92 Å². The van der Waals surface area contributed by atoms with Crippen molar-refractivity contribution in [2.75, 3.05) is 0 Å². The van der Waals surface area contributed by atoms with Gasteiger partial charge in [-0.2, -0.15) is 0 Å². The van der Waals surface area contributed by atoms with Crippen LogP contribution in [0.1, 0.15) is 12.7 Å². The summed E-state index contributed by atoms with van der Waals surface area (Å²) in [6.07, 6.45) is 0.580. The van der Waals surface area contributed by atoms with E-state index in [2.05, 4.69) is 9.97 Å². The van der Waals surface area contributed by atoms with Crippen LogP contribution in [0.2, 0.25) is 5.15 Å². The number of phenolic OH excluding ortho intramolecular Hbond substituents is 1. The minimum absolute atomic E-state index is 0.00867. The van der Waals surface area contributed by atoms with Crippen LogP contribution in [0.3, 0.4) is 0 Å². The van der Waals surface area contributed by atoms with Crippen LogP contribution in [-0.2, 0) is 6.42 Å². The van der Waals surface area contributed by atoms with E-state index in [0.717, 1.165) is 0 Å². The van der Waals surface area contributed by atoms with E-state index in [1.54, 1.807) is 18.2 Å². The molecule has 4 nitrogen and oxygen atoms in total. The normalized spacial score (nSPS) is 12.9. The molecular weight excluding hydrogens is 226 g/mol. The van der Waals surface area contributed by atoms with Gasteiger partial charge < -0.3 is 10.8 Å². The second-order valence-electron chi connectivity index (χ2n) is 3.81. The first kappa shape index (κ1) is 11.1. The first-order chi connectivity index (χ1) is 7.56. The molecule has 0 amide bonds. The quantitative estimate of drug-likeness (QED) is 0.783. The minimum atomic E-state index is -0.00867. The number of aromatic hydroxyl groups is 1. The zero-order valence-corrected chi connectivity index (χ0v) is 9.57. The van der Waals surface area contributed by atoms with E-state index in [9.17, 15) is 5.11 Å². The van der Waals surface area contributed by atoms with Crippen LogP contribution in [0.4, 0.5) is 0 Å². The number of hydrogen-bond donors (Lipinski definition) is 2. The van der Waals surface area contributed by atoms with Gasteiger partial charge in [0.25, 0.3) is 0 Å². The molecule has 1 heterocycles. The van der Waals surface area contributed by atoms with E-state index in [-0.39, 0.29) is 11.8 Å². The maximum Gasteiger partial charge on any atom is 0.140 e.